The largest absolute Gasteiger partial charge is 0.455 e. The highest BCUT2D eigenvalue weighted by atomic mass is 16.6. The molecule has 0 bridgehead atoms. The average molecular weight is 507 g/mol. The van der Waals surface area contributed by atoms with Crippen LogP contribution >= 0.6 is 0 Å². The lowest BCUT2D eigenvalue weighted by Crippen LogP contribution is -2.72. The van der Waals surface area contributed by atoms with E-state index in [1.165, 1.54) is 18.2 Å². The van der Waals surface area contributed by atoms with E-state index < -0.39 is 53.6 Å². The number of hydrogen-bond acceptors (Lipinski definition) is 8. The molecular formula is C27H26N2O8. The van der Waals surface area contributed by atoms with Crippen molar-refractivity contribution in [2.24, 2.45) is 0 Å². The smallest absolute Gasteiger partial charge is 0.338 e. The molecule has 0 aromatic heterocycles. The maximum atomic E-state index is 13.4. The molecule has 1 aliphatic carbocycles. The van der Waals surface area contributed by atoms with E-state index in [1.807, 2.05) is 0 Å². The molecule has 4 amide bonds. The zero-order valence-corrected chi connectivity index (χ0v) is 20.0. The Bertz CT molecular complexity index is 1260. The van der Waals surface area contributed by atoms with Crippen LogP contribution in [0.2, 0.25) is 0 Å². The summed E-state index contributed by atoms with van der Waals surface area (Å²) < 4.78 is 11.9. The molecule has 0 radical (unpaired) electrons. The number of hydrogen-bond donors (Lipinski definition) is 2. The first-order valence-corrected chi connectivity index (χ1v) is 12.0. The van der Waals surface area contributed by atoms with Crippen molar-refractivity contribution < 1.29 is 38.9 Å². The molecule has 2 aromatic rings. The zero-order valence-electron chi connectivity index (χ0n) is 20.0. The van der Waals surface area contributed by atoms with E-state index in [1.54, 1.807) is 54.6 Å². The van der Waals surface area contributed by atoms with Crippen molar-refractivity contribution in [2.45, 2.75) is 55.9 Å². The van der Waals surface area contributed by atoms with Crippen LogP contribution in [0.1, 0.15) is 46.9 Å². The highest BCUT2D eigenvalue weighted by molar-refractivity contribution is 6.19. The molecule has 1 saturated heterocycles. The summed E-state index contributed by atoms with van der Waals surface area (Å²) in [7, 11) is 0. The summed E-state index contributed by atoms with van der Waals surface area (Å²) in [5.41, 5.74) is -3.12. The third kappa shape index (κ3) is 4.12. The Morgan fingerprint density at radius 1 is 1.03 bits per heavy atom. The molecule has 5 atom stereocenters. The van der Waals surface area contributed by atoms with Crippen molar-refractivity contribution in [3.05, 3.63) is 83.9 Å². The summed E-state index contributed by atoms with van der Waals surface area (Å²) >= 11 is 0. The first-order chi connectivity index (χ1) is 17.7. The number of ether oxygens (including phenoxy) is 2. The molecular weight excluding hydrogens is 480 g/mol. The maximum absolute atomic E-state index is 13.4. The molecule has 10 nitrogen and oxygen atoms in total. The summed E-state index contributed by atoms with van der Waals surface area (Å²) in [6.07, 6.45) is 0.938. The van der Waals surface area contributed by atoms with Crippen molar-refractivity contribution in [3.8, 4) is 0 Å². The van der Waals surface area contributed by atoms with Gasteiger partial charge in [-0.05, 0) is 62.6 Å². The molecule has 192 valence electrons. The van der Waals surface area contributed by atoms with Gasteiger partial charge in [0.05, 0.1) is 5.56 Å². The first-order valence-electron chi connectivity index (χ1n) is 12.0. The van der Waals surface area contributed by atoms with Gasteiger partial charge in [0.25, 0.3) is 11.8 Å². The second-order valence-electron chi connectivity index (χ2n) is 9.50. The molecule has 3 aliphatic rings. The Kier molecular flexibility index (Phi) is 6.18. The Hall–Kier alpha value is -3.86. The lowest BCUT2D eigenvalue weighted by Gasteiger charge is -2.46. The summed E-state index contributed by atoms with van der Waals surface area (Å²) in [5, 5.41) is 21.7. The predicted molar refractivity (Wildman–Crippen MR) is 128 cm³/mol. The molecule has 5 rings (SSSR count). The number of aliphatic hydroxyl groups is 2. The lowest BCUT2D eigenvalue weighted by atomic mass is 9.98. The zero-order chi connectivity index (χ0) is 26.4. The van der Waals surface area contributed by atoms with Crippen LogP contribution in [0.3, 0.4) is 0 Å². The quantitative estimate of drug-likeness (QED) is 0.366. The topological polar surface area (TPSA) is 134 Å². The Balaban J connectivity index is 1.39. The minimum atomic E-state index is -2.49. The third-order valence-electron chi connectivity index (χ3n) is 7.03. The molecule has 2 aromatic carbocycles. The van der Waals surface area contributed by atoms with Crippen LogP contribution in [-0.2, 0) is 14.3 Å². The number of aliphatic hydroxyl groups excluding tert-OH is 1. The maximum Gasteiger partial charge on any atom is 0.338 e. The molecule has 37 heavy (non-hydrogen) atoms. The number of amides is 4. The van der Waals surface area contributed by atoms with E-state index in [2.05, 4.69) is 0 Å². The minimum Gasteiger partial charge on any atom is -0.455 e. The normalized spacial score (nSPS) is 31.3. The lowest BCUT2D eigenvalue weighted by molar-refractivity contribution is -0.209. The first kappa shape index (κ1) is 24.8. The second kappa shape index (κ2) is 9.22. The van der Waals surface area contributed by atoms with Gasteiger partial charge < -0.3 is 19.7 Å². The van der Waals surface area contributed by atoms with Gasteiger partial charge in [0.15, 0.2) is 18.1 Å². The molecule has 2 fully saturated rings. The van der Waals surface area contributed by atoms with Crippen LogP contribution in [0.25, 0.3) is 0 Å². The summed E-state index contributed by atoms with van der Waals surface area (Å²) in [5.74, 6) is -2.71. The van der Waals surface area contributed by atoms with Crippen LogP contribution in [-0.4, -0.2) is 73.6 Å². The monoisotopic (exact) mass is 506 g/mol. The fourth-order valence-corrected chi connectivity index (χ4v) is 4.97. The molecule has 2 N–H and O–H groups in total. The van der Waals surface area contributed by atoms with Crippen LogP contribution in [0.5, 0.6) is 0 Å². The summed E-state index contributed by atoms with van der Waals surface area (Å²) in [6.45, 7) is 1.03. The Morgan fingerprint density at radius 3 is 2.30 bits per heavy atom. The van der Waals surface area contributed by atoms with E-state index in [-0.39, 0.29) is 5.56 Å². The van der Waals surface area contributed by atoms with Gasteiger partial charge in [-0.3, -0.25) is 14.5 Å². The second-order valence-corrected chi connectivity index (χ2v) is 9.50. The summed E-state index contributed by atoms with van der Waals surface area (Å²) in [4.78, 5) is 53.2. The van der Waals surface area contributed by atoms with Gasteiger partial charge in [-0.25, -0.2) is 9.59 Å². The number of benzene rings is 2. The highest BCUT2D eigenvalue weighted by Gasteiger charge is 2.59. The number of rotatable bonds is 4. The predicted octanol–water partition coefficient (Wildman–Crippen LogP) is 2.22. The van der Waals surface area contributed by atoms with Gasteiger partial charge in [0.2, 0.25) is 0 Å². The number of carbonyl (C=O) groups is 4. The van der Waals surface area contributed by atoms with Crippen molar-refractivity contribution >= 4 is 23.8 Å². The number of nitrogens with zero attached hydrogens (tertiary/aromatic N) is 2. The van der Waals surface area contributed by atoms with Crippen molar-refractivity contribution in [1.29, 1.82) is 0 Å². The van der Waals surface area contributed by atoms with Gasteiger partial charge in [0.1, 0.15) is 11.7 Å². The van der Waals surface area contributed by atoms with Crippen LogP contribution in [0, 0.1) is 0 Å². The molecule has 10 heteroatoms. The molecule has 1 saturated carbocycles. The van der Waals surface area contributed by atoms with E-state index in [9.17, 15) is 29.4 Å². The van der Waals surface area contributed by atoms with E-state index in [0.717, 1.165) is 11.8 Å². The van der Waals surface area contributed by atoms with Crippen molar-refractivity contribution in [1.82, 2.24) is 9.80 Å². The van der Waals surface area contributed by atoms with Gasteiger partial charge in [-0.2, -0.15) is 4.90 Å². The van der Waals surface area contributed by atoms with Gasteiger partial charge >= 0.3 is 12.0 Å². The fourth-order valence-electron chi connectivity index (χ4n) is 4.97. The molecule has 2 aliphatic heterocycles. The molecule has 2 unspecified atom stereocenters. The standard InChI is InChI=1S/C27H26N2O8/c1-26(35)23(32)28(25(34)29(24(26)33)21(30)17-9-4-2-5-10-17)20-14-16-27(37-20)15-8-13-19(27)36-22(31)18-11-6-3-7-12-18/h2-7,9-12,14,16,19-20,23,32,35H,8,13,15H2,1H3/t19-,20+,23?,26?,27-/m0/s1. The van der Waals surface area contributed by atoms with Crippen LogP contribution in [0.4, 0.5) is 4.79 Å². The van der Waals surface area contributed by atoms with Crippen LogP contribution < -0.4 is 0 Å². The number of carbonyl (C=O) groups excluding carboxylic acids is 4. The van der Waals surface area contributed by atoms with Gasteiger partial charge in [-0.15, -0.1) is 0 Å². The SMILES string of the molecule is CC1(O)C(=O)N(C(=O)c2ccccc2)C(=O)N([C@H]2C=C[C@]3(CCC[C@@H]3OC(=O)c3ccccc3)O2)C1O. The van der Waals surface area contributed by atoms with E-state index in [4.69, 9.17) is 9.47 Å². The van der Waals surface area contributed by atoms with Crippen molar-refractivity contribution in [2.75, 3.05) is 0 Å². The van der Waals surface area contributed by atoms with Gasteiger partial charge in [-0.1, -0.05) is 36.4 Å². The minimum absolute atomic E-state index is 0.0550. The van der Waals surface area contributed by atoms with Crippen molar-refractivity contribution in [3.63, 3.8) is 0 Å². The van der Waals surface area contributed by atoms with E-state index >= 15 is 0 Å². The highest BCUT2D eigenvalue weighted by Crippen LogP contribution is 2.43. The Labute approximate surface area is 212 Å². The summed E-state index contributed by atoms with van der Waals surface area (Å²) in [6, 6.07) is 15.0. The molecule has 2 heterocycles. The Morgan fingerprint density at radius 2 is 1.65 bits per heavy atom. The average Bonchev–Trinajstić information content (AvgIpc) is 3.50. The van der Waals surface area contributed by atoms with Crippen LogP contribution in [0.15, 0.2) is 72.8 Å². The van der Waals surface area contributed by atoms with E-state index in [0.29, 0.717) is 29.7 Å². The fraction of sp³-hybridized carbons (Fsp3) is 0.333. The number of imide groups is 3. The number of esters is 1. The third-order valence-corrected chi connectivity index (χ3v) is 7.03. The van der Waals surface area contributed by atoms with Gasteiger partial charge in [0, 0.05) is 5.56 Å². The molecule has 1 spiro atoms. The number of urea groups is 1.